The lowest BCUT2D eigenvalue weighted by atomic mass is 10.1. The second-order valence-corrected chi connectivity index (χ2v) is 6.16. The average Bonchev–Trinajstić information content (AvgIpc) is 2.62. The van der Waals surface area contributed by atoms with Gasteiger partial charge in [0.15, 0.2) is 0 Å². The van der Waals surface area contributed by atoms with Gasteiger partial charge in [0, 0.05) is 36.7 Å². The normalized spacial score (nSPS) is 27.6. The third kappa shape index (κ3) is 2.59. The zero-order chi connectivity index (χ0) is 13.4. The summed E-state index contributed by atoms with van der Waals surface area (Å²) in [6, 6.07) is 5.69. The predicted octanol–water partition coefficient (Wildman–Crippen LogP) is 2.80. The molecule has 2 bridgehead atoms. The number of likely N-dealkylation sites (N-methyl/N-ethyl adjacent to an activating group) is 1. The van der Waals surface area contributed by atoms with E-state index in [-0.39, 0.29) is 0 Å². The van der Waals surface area contributed by atoms with Crippen molar-refractivity contribution in [2.45, 2.75) is 44.1 Å². The maximum Gasteiger partial charge on any atom is 0.129 e. The molecule has 2 unspecified atom stereocenters. The van der Waals surface area contributed by atoms with E-state index >= 15 is 0 Å². The molecule has 0 aromatic carbocycles. The third-order valence-corrected chi connectivity index (χ3v) is 4.94. The quantitative estimate of drug-likeness (QED) is 0.776. The fourth-order valence-electron chi connectivity index (χ4n) is 3.48. The molecule has 2 aliphatic rings. The fraction of sp³-hybridized carbons (Fsp3) is 0.667. The van der Waals surface area contributed by atoms with Gasteiger partial charge in [-0.2, -0.15) is 0 Å². The van der Waals surface area contributed by atoms with Crippen molar-refractivity contribution in [1.29, 1.82) is 0 Å². The van der Waals surface area contributed by atoms with Gasteiger partial charge in [-0.15, -0.1) is 11.6 Å². The van der Waals surface area contributed by atoms with Gasteiger partial charge in [0.1, 0.15) is 5.82 Å². The molecule has 0 N–H and O–H groups in total. The molecule has 0 spiro atoms. The summed E-state index contributed by atoms with van der Waals surface area (Å²) in [6.07, 6.45) is 3.94. The highest BCUT2D eigenvalue weighted by Crippen LogP contribution is 2.30. The molecule has 0 saturated carbocycles. The van der Waals surface area contributed by atoms with Crippen molar-refractivity contribution >= 4 is 17.4 Å². The van der Waals surface area contributed by atoms with E-state index in [1.165, 1.54) is 24.8 Å². The summed E-state index contributed by atoms with van der Waals surface area (Å²) in [5.74, 6) is 1.67. The Balaban J connectivity index is 1.84. The molecule has 3 nitrogen and oxygen atoms in total. The van der Waals surface area contributed by atoms with Crippen LogP contribution < -0.4 is 4.90 Å². The van der Waals surface area contributed by atoms with Crippen molar-refractivity contribution in [3.63, 3.8) is 0 Å². The molecule has 2 saturated heterocycles. The first kappa shape index (κ1) is 13.2. The van der Waals surface area contributed by atoms with Crippen LogP contribution in [0.4, 0.5) is 5.82 Å². The minimum atomic E-state index is 0.566. The van der Waals surface area contributed by atoms with Crippen molar-refractivity contribution in [2.75, 3.05) is 25.0 Å². The Morgan fingerprint density at radius 2 is 2.05 bits per heavy atom. The first-order valence-corrected chi connectivity index (χ1v) is 7.71. The number of rotatable bonds is 2. The minimum absolute atomic E-state index is 0.566. The van der Waals surface area contributed by atoms with Gasteiger partial charge < -0.3 is 4.90 Å². The van der Waals surface area contributed by atoms with E-state index in [1.54, 1.807) is 0 Å². The van der Waals surface area contributed by atoms with Crippen LogP contribution in [-0.4, -0.2) is 42.1 Å². The number of halogens is 1. The summed E-state index contributed by atoms with van der Waals surface area (Å²) in [5, 5.41) is 0. The summed E-state index contributed by atoms with van der Waals surface area (Å²) in [5.41, 5.74) is 2.24. The van der Waals surface area contributed by atoms with E-state index in [0.29, 0.717) is 11.9 Å². The van der Waals surface area contributed by atoms with Crippen LogP contribution in [-0.2, 0) is 5.88 Å². The molecule has 1 aromatic rings. The molecule has 19 heavy (non-hydrogen) atoms. The van der Waals surface area contributed by atoms with Crippen LogP contribution in [0.25, 0.3) is 0 Å². The molecule has 2 fully saturated rings. The van der Waals surface area contributed by atoms with Crippen LogP contribution >= 0.6 is 11.6 Å². The van der Waals surface area contributed by atoms with Crippen molar-refractivity contribution < 1.29 is 0 Å². The Labute approximate surface area is 120 Å². The Bertz CT molecular complexity index is 463. The van der Waals surface area contributed by atoms with Gasteiger partial charge in [0.2, 0.25) is 0 Å². The van der Waals surface area contributed by atoms with Crippen molar-refractivity contribution in [1.82, 2.24) is 9.88 Å². The zero-order valence-electron chi connectivity index (χ0n) is 11.8. The summed E-state index contributed by atoms with van der Waals surface area (Å²) in [4.78, 5) is 9.72. The van der Waals surface area contributed by atoms with Gasteiger partial charge in [-0.05, 0) is 50.9 Å². The highest BCUT2D eigenvalue weighted by atomic mass is 35.5. The van der Waals surface area contributed by atoms with E-state index in [1.807, 2.05) is 0 Å². The zero-order valence-corrected chi connectivity index (χ0v) is 12.5. The second kappa shape index (κ2) is 5.29. The number of nitrogens with zero attached hydrogens (tertiary/aromatic N) is 3. The van der Waals surface area contributed by atoms with Gasteiger partial charge in [-0.3, -0.25) is 4.90 Å². The molecule has 3 heterocycles. The SMILES string of the molecule is Cc1cc(CCl)cc(N2CCC3CCC(C2)N3C)n1. The molecule has 2 aliphatic heterocycles. The number of anilines is 1. The van der Waals surface area contributed by atoms with Crippen molar-refractivity contribution in [3.05, 3.63) is 23.4 Å². The number of aryl methyl sites for hydroxylation is 1. The van der Waals surface area contributed by atoms with E-state index < -0.39 is 0 Å². The number of hydrogen-bond acceptors (Lipinski definition) is 3. The molecular weight excluding hydrogens is 258 g/mol. The molecular formula is C15H22ClN3. The highest BCUT2D eigenvalue weighted by Gasteiger charge is 2.34. The maximum atomic E-state index is 5.97. The lowest BCUT2D eigenvalue weighted by molar-refractivity contribution is 0.254. The fourth-order valence-corrected chi connectivity index (χ4v) is 3.63. The van der Waals surface area contributed by atoms with Crippen LogP contribution in [0.3, 0.4) is 0 Å². The molecule has 2 atom stereocenters. The van der Waals surface area contributed by atoms with Crippen molar-refractivity contribution in [2.24, 2.45) is 0 Å². The van der Waals surface area contributed by atoms with E-state index in [9.17, 15) is 0 Å². The summed E-state index contributed by atoms with van der Waals surface area (Å²) in [6.45, 7) is 4.27. The van der Waals surface area contributed by atoms with Crippen LogP contribution in [0.1, 0.15) is 30.5 Å². The largest absolute Gasteiger partial charge is 0.355 e. The maximum absolute atomic E-state index is 5.97. The van der Waals surface area contributed by atoms with E-state index in [0.717, 1.165) is 30.6 Å². The van der Waals surface area contributed by atoms with Gasteiger partial charge in [-0.1, -0.05) is 0 Å². The molecule has 104 valence electrons. The average molecular weight is 280 g/mol. The monoisotopic (exact) mass is 279 g/mol. The molecule has 1 aromatic heterocycles. The molecule has 0 radical (unpaired) electrons. The highest BCUT2D eigenvalue weighted by molar-refractivity contribution is 6.17. The van der Waals surface area contributed by atoms with Gasteiger partial charge >= 0.3 is 0 Å². The van der Waals surface area contributed by atoms with Gasteiger partial charge in [0.05, 0.1) is 0 Å². The Hall–Kier alpha value is -0.800. The molecule has 0 aliphatic carbocycles. The second-order valence-electron chi connectivity index (χ2n) is 5.89. The van der Waals surface area contributed by atoms with Crippen LogP contribution in [0.5, 0.6) is 0 Å². The third-order valence-electron chi connectivity index (χ3n) is 4.63. The van der Waals surface area contributed by atoms with E-state index in [4.69, 9.17) is 16.6 Å². The number of aromatic nitrogens is 1. The lowest BCUT2D eigenvalue weighted by Crippen LogP contribution is -2.37. The first-order chi connectivity index (χ1) is 9.17. The summed E-state index contributed by atoms with van der Waals surface area (Å²) < 4.78 is 0. The standard InChI is InChI=1S/C15H22ClN3/c1-11-7-12(9-16)8-15(17-11)19-6-5-13-3-4-14(10-19)18(13)2/h7-8,13-14H,3-6,9-10H2,1-2H3. The number of fused-ring (bicyclic) bond motifs is 2. The van der Waals surface area contributed by atoms with Crippen LogP contribution in [0.15, 0.2) is 12.1 Å². The Morgan fingerprint density at radius 1 is 1.26 bits per heavy atom. The first-order valence-electron chi connectivity index (χ1n) is 7.18. The summed E-state index contributed by atoms with van der Waals surface area (Å²) in [7, 11) is 2.28. The summed E-state index contributed by atoms with van der Waals surface area (Å²) >= 11 is 5.97. The van der Waals surface area contributed by atoms with Crippen LogP contribution in [0, 0.1) is 6.92 Å². The predicted molar refractivity (Wildman–Crippen MR) is 79.9 cm³/mol. The Morgan fingerprint density at radius 3 is 2.84 bits per heavy atom. The molecule has 4 heteroatoms. The molecule has 0 amide bonds. The molecule has 3 rings (SSSR count). The Kier molecular flexibility index (Phi) is 3.68. The topological polar surface area (TPSA) is 19.4 Å². The smallest absolute Gasteiger partial charge is 0.129 e. The number of hydrogen-bond donors (Lipinski definition) is 0. The minimum Gasteiger partial charge on any atom is -0.355 e. The van der Waals surface area contributed by atoms with Crippen LogP contribution in [0.2, 0.25) is 0 Å². The van der Waals surface area contributed by atoms with Gasteiger partial charge in [0.25, 0.3) is 0 Å². The lowest BCUT2D eigenvalue weighted by Gasteiger charge is -2.27. The number of pyridine rings is 1. The number of alkyl halides is 1. The van der Waals surface area contributed by atoms with Crippen molar-refractivity contribution in [3.8, 4) is 0 Å². The van der Waals surface area contributed by atoms with E-state index in [2.05, 4.69) is 35.9 Å². The van der Waals surface area contributed by atoms with Gasteiger partial charge in [-0.25, -0.2) is 4.98 Å².